The fraction of sp³-hybridized carbons (Fsp3) is 0.600. The molecule has 1 atom stereocenters. The molecule has 0 amide bonds. The Morgan fingerprint density at radius 3 is 2.42 bits per heavy atom. The van der Waals surface area contributed by atoms with E-state index in [2.05, 4.69) is 48.9 Å². The maximum atomic E-state index is 13.7. The van der Waals surface area contributed by atoms with Gasteiger partial charge < -0.3 is 10.1 Å². The molecule has 1 aromatic carbocycles. The van der Waals surface area contributed by atoms with Crippen molar-refractivity contribution >= 4 is 15.9 Å². The molecule has 0 saturated heterocycles. The summed E-state index contributed by atoms with van der Waals surface area (Å²) in [6.07, 6.45) is -0.0329. The van der Waals surface area contributed by atoms with Crippen LogP contribution in [0.15, 0.2) is 22.7 Å². The molecule has 2 nitrogen and oxygen atoms in total. The molecule has 1 aromatic rings. The van der Waals surface area contributed by atoms with Crippen LogP contribution in [0.1, 0.15) is 27.7 Å². The Bertz CT molecular complexity index is 396. The molecule has 1 N–H and O–H groups in total. The minimum atomic E-state index is -0.330. The van der Waals surface area contributed by atoms with Crippen LogP contribution in [0.2, 0.25) is 0 Å². The summed E-state index contributed by atoms with van der Waals surface area (Å²) >= 11 is 3.24. The highest BCUT2D eigenvalue weighted by molar-refractivity contribution is 9.10. The fourth-order valence-electron chi connectivity index (χ4n) is 1.66. The van der Waals surface area contributed by atoms with E-state index in [1.165, 1.54) is 6.07 Å². The molecule has 0 aliphatic rings. The lowest BCUT2D eigenvalue weighted by atomic mass is 10.1. The van der Waals surface area contributed by atoms with Crippen LogP contribution in [0.4, 0.5) is 4.39 Å². The topological polar surface area (TPSA) is 21.3 Å². The summed E-state index contributed by atoms with van der Waals surface area (Å²) in [6.45, 7) is 10.1. The van der Waals surface area contributed by atoms with E-state index >= 15 is 0 Å². The van der Waals surface area contributed by atoms with Crippen molar-refractivity contribution in [3.05, 3.63) is 28.5 Å². The van der Waals surface area contributed by atoms with E-state index in [-0.39, 0.29) is 11.9 Å². The van der Waals surface area contributed by atoms with Gasteiger partial charge in [0.15, 0.2) is 11.6 Å². The Morgan fingerprint density at radius 1 is 1.21 bits per heavy atom. The van der Waals surface area contributed by atoms with Gasteiger partial charge in [0.25, 0.3) is 0 Å². The molecular formula is C15H23BrFNO. The molecule has 108 valence electrons. The number of benzene rings is 1. The molecule has 4 heteroatoms. The summed E-state index contributed by atoms with van der Waals surface area (Å²) in [7, 11) is 0. The van der Waals surface area contributed by atoms with E-state index in [4.69, 9.17) is 4.74 Å². The highest BCUT2D eigenvalue weighted by Gasteiger charge is 2.17. The molecule has 0 aliphatic heterocycles. The van der Waals surface area contributed by atoms with Crippen LogP contribution in [-0.4, -0.2) is 19.2 Å². The van der Waals surface area contributed by atoms with Gasteiger partial charge in [0, 0.05) is 11.0 Å². The van der Waals surface area contributed by atoms with Gasteiger partial charge in [-0.1, -0.05) is 43.6 Å². The highest BCUT2D eigenvalue weighted by Crippen LogP contribution is 2.23. The molecule has 0 aromatic heterocycles. The van der Waals surface area contributed by atoms with Gasteiger partial charge in [0.05, 0.1) is 0 Å². The van der Waals surface area contributed by atoms with Crippen LogP contribution in [-0.2, 0) is 0 Å². The van der Waals surface area contributed by atoms with Gasteiger partial charge in [0.1, 0.15) is 6.10 Å². The average molecular weight is 332 g/mol. The predicted molar refractivity (Wildman–Crippen MR) is 81.1 cm³/mol. The Kier molecular flexibility index (Phi) is 6.80. The van der Waals surface area contributed by atoms with Crippen LogP contribution in [0.5, 0.6) is 5.75 Å². The number of halogens is 2. The van der Waals surface area contributed by atoms with E-state index in [0.717, 1.165) is 17.6 Å². The summed E-state index contributed by atoms with van der Waals surface area (Å²) in [5.41, 5.74) is 0. The second kappa shape index (κ2) is 7.85. The summed E-state index contributed by atoms with van der Waals surface area (Å²) in [5.74, 6) is 0.900. The lowest BCUT2D eigenvalue weighted by Crippen LogP contribution is -2.37. The van der Waals surface area contributed by atoms with Gasteiger partial charge in [-0.3, -0.25) is 0 Å². The highest BCUT2D eigenvalue weighted by atomic mass is 79.9. The van der Waals surface area contributed by atoms with Gasteiger partial charge in [-0.2, -0.15) is 0 Å². The van der Waals surface area contributed by atoms with Crippen molar-refractivity contribution in [3.63, 3.8) is 0 Å². The number of hydrogen-bond acceptors (Lipinski definition) is 2. The number of ether oxygens (including phenoxy) is 1. The van der Waals surface area contributed by atoms with E-state index in [1.807, 2.05) is 0 Å². The third-order valence-corrected chi connectivity index (χ3v) is 3.31. The molecule has 0 radical (unpaired) electrons. The first-order valence-corrected chi connectivity index (χ1v) is 7.52. The van der Waals surface area contributed by atoms with Gasteiger partial charge in [-0.15, -0.1) is 0 Å². The molecule has 19 heavy (non-hydrogen) atoms. The Labute approximate surface area is 123 Å². The van der Waals surface area contributed by atoms with Crippen LogP contribution in [0, 0.1) is 17.7 Å². The maximum absolute atomic E-state index is 13.7. The molecule has 0 spiro atoms. The Hall–Kier alpha value is -0.610. The molecule has 0 saturated carbocycles. The first-order chi connectivity index (χ1) is 8.90. The minimum Gasteiger partial charge on any atom is -0.486 e. The molecule has 0 aliphatic carbocycles. The molecule has 1 unspecified atom stereocenters. The number of rotatable bonds is 7. The van der Waals surface area contributed by atoms with Crippen LogP contribution in [0.25, 0.3) is 0 Å². The van der Waals surface area contributed by atoms with Crippen molar-refractivity contribution in [2.75, 3.05) is 13.1 Å². The first-order valence-electron chi connectivity index (χ1n) is 6.72. The van der Waals surface area contributed by atoms with Crippen molar-refractivity contribution in [3.8, 4) is 5.75 Å². The van der Waals surface area contributed by atoms with Crippen molar-refractivity contribution in [2.45, 2.75) is 33.8 Å². The Balaban J connectivity index is 2.62. The summed E-state index contributed by atoms with van der Waals surface area (Å²) in [4.78, 5) is 0. The zero-order valence-electron chi connectivity index (χ0n) is 12.0. The van der Waals surface area contributed by atoms with E-state index in [9.17, 15) is 4.39 Å². The second-order valence-corrected chi connectivity index (χ2v) is 6.44. The van der Waals surface area contributed by atoms with Gasteiger partial charge in [-0.25, -0.2) is 4.39 Å². The molecule has 0 bridgehead atoms. The van der Waals surface area contributed by atoms with Gasteiger partial charge in [0.2, 0.25) is 0 Å². The standard InChI is InChI=1S/C15H23BrFNO/c1-10(2)8-18-9-15(11(3)4)19-14-6-5-12(16)7-13(14)17/h5-7,10-11,15,18H,8-9H2,1-4H3. The minimum absolute atomic E-state index is 0.0329. The van der Waals surface area contributed by atoms with Crippen molar-refractivity contribution < 1.29 is 9.13 Å². The monoisotopic (exact) mass is 331 g/mol. The second-order valence-electron chi connectivity index (χ2n) is 5.53. The van der Waals surface area contributed by atoms with Crippen LogP contribution < -0.4 is 10.1 Å². The Morgan fingerprint density at radius 2 is 1.89 bits per heavy atom. The van der Waals surface area contributed by atoms with Crippen molar-refractivity contribution in [1.29, 1.82) is 0 Å². The van der Waals surface area contributed by atoms with Gasteiger partial charge >= 0.3 is 0 Å². The van der Waals surface area contributed by atoms with E-state index < -0.39 is 0 Å². The van der Waals surface area contributed by atoms with E-state index in [1.54, 1.807) is 12.1 Å². The van der Waals surface area contributed by atoms with Crippen molar-refractivity contribution in [2.24, 2.45) is 11.8 Å². The fourth-order valence-corrected chi connectivity index (χ4v) is 1.99. The van der Waals surface area contributed by atoms with Crippen LogP contribution >= 0.6 is 15.9 Å². The molecular weight excluding hydrogens is 309 g/mol. The number of nitrogens with one attached hydrogen (secondary N) is 1. The lowest BCUT2D eigenvalue weighted by molar-refractivity contribution is 0.142. The van der Waals surface area contributed by atoms with Crippen LogP contribution in [0.3, 0.4) is 0 Å². The summed E-state index contributed by atoms with van der Waals surface area (Å²) in [6, 6.07) is 4.88. The zero-order valence-corrected chi connectivity index (χ0v) is 13.6. The first kappa shape index (κ1) is 16.4. The third-order valence-electron chi connectivity index (χ3n) is 2.81. The van der Waals surface area contributed by atoms with Gasteiger partial charge in [-0.05, 0) is 36.6 Å². The largest absolute Gasteiger partial charge is 0.486 e. The SMILES string of the molecule is CC(C)CNCC(Oc1ccc(Br)cc1F)C(C)C. The predicted octanol–water partition coefficient (Wildman–Crippen LogP) is 4.24. The molecule has 0 heterocycles. The average Bonchev–Trinajstić information content (AvgIpc) is 2.30. The van der Waals surface area contributed by atoms with E-state index in [0.29, 0.717) is 17.6 Å². The smallest absolute Gasteiger partial charge is 0.166 e. The summed E-state index contributed by atoms with van der Waals surface area (Å²) in [5, 5.41) is 3.36. The maximum Gasteiger partial charge on any atom is 0.166 e. The zero-order chi connectivity index (χ0) is 14.4. The normalized spacial score (nSPS) is 13.1. The quantitative estimate of drug-likeness (QED) is 0.806. The molecule has 0 fully saturated rings. The lowest BCUT2D eigenvalue weighted by Gasteiger charge is -2.24. The van der Waals surface area contributed by atoms with Crippen molar-refractivity contribution in [1.82, 2.24) is 5.32 Å². The summed E-state index contributed by atoms with van der Waals surface area (Å²) < 4.78 is 20.3. The number of hydrogen-bond donors (Lipinski definition) is 1. The molecule has 1 rings (SSSR count). The third kappa shape index (κ3) is 5.91.